The van der Waals surface area contributed by atoms with Gasteiger partial charge in [-0.25, -0.2) is 0 Å². The van der Waals surface area contributed by atoms with Gasteiger partial charge in [0.2, 0.25) is 0 Å². The van der Waals surface area contributed by atoms with E-state index in [2.05, 4.69) is 5.32 Å². The van der Waals surface area contributed by atoms with Crippen molar-refractivity contribution in [3.63, 3.8) is 0 Å². The van der Waals surface area contributed by atoms with Gasteiger partial charge in [0.05, 0.1) is 12.6 Å². The van der Waals surface area contributed by atoms with Gasteiger partial charge in [-0.1, -0.05) is 12.1 Å². The maximum atomic E-state index is 11.9. The number of halogens is 3. The lowest BCUT2D eigenvalue weighted by atomic mass is 10.1. The average Bonchev–Trinajstić information content (AvgIpc) is 2.24. The number of hydrogen-bond donors (Lipinski definition) is 1. The number of benzene rings is 1. The van der Waals surface area contributed by atoms with Crippen LogP contribution in [0.15, 0.2) is 24.3 Å². The molecule has 1 N–H and O–H groups in total. The number of rotatable bonds is 6. The van der Waals surface area contributed by atoms with Crippen LogP contribution in [0.3, 0.4) is 0 Å². The molecule has 5 heteroatoms. The van der Waals surface area contributed by atoms with Gasteiger partial charge in [-0.3, -0.25) is 0 Å². The summed E-state index contributed by atoms with van der Waals surface area (Å²) in [7, 11) is 0. The first-order valence-electron chi connectivity index (χ1n) is 5.90. The molecule has 1 rings (SSSR count). The van der Waals surface area contributed by atoms with E-state index in [9.17, 15) is 13.2 Å². The van der Waals surface area contributed by atoms with E-state index in [1.165, 1.54) is 0 Å². The Hall–Kier alpha value is -1.23. The average molecular weight is 261 g/mol. The van der Waals surface area contributed by atoms with Gasteiger partial charge in [0, 0.05) is 0 Å². The van der Waals surface area contributed by atoms with Crippen molar-refractivity contribution in [1.82, 2.24) is 5.32 Å². The van der Waals surface area contributed by atoms with Crippen LogP contribution in [-0.4, -0.2) is 25.4 Å². The molecule has 102 valence electrons. The second-order valence-electron chi connectivity index (χ2n) is 4.35. The van der Waals surface area contributed by atoms with Crippen molar-refractivity contribution in [2.75, 3.05) is 13.1 Å². The lowest BCUT2D eigenvalue weighted by molar-refractivity contribution is -0.124. The highest BCUT2D eigenvalue weighted by Gasteiger charge is 2.25. The van der Waals surface area contributed by atoms with Gasteiger partial charge in [0.1, 0.15) is 5.75 Å². The molecule has 0 bridgehead atoms. The molecular weight excluding hydrogens is 243 g/mol. The Balaban J connectivity index is 2.31. The van der Waals surface area contributed by atoms with Crippen LogP contribution in [-0.2, 0) is 6.42 Å². The molecule has 0 saturated carbocycles. The molecule has 0 saturated heterocycles. The SMILES string of the molecule is CC(C)Oc1ccc(CCNCC(F)(F)F)cc1. The maximum Gasteiger partial charge on any atom is 0.401 e. The molecule has 0 aliphatic carbocycles. The van der Waals surface area contributed by atoms with Crippen molar-refractivity contribution in [3.8, 4) is 5.75 Å². The topological polar surface area (TPSA) is 21.3 Å². The summed E-state index contributed by atoms with van der Waals surface area (Å²) in [5.41, 5.74) is 0.987. The van der Waals surface area contributed by atoms with Crippen LogP contribution in [0.2, 0.25) is 0 Å². The van der Waals surface area contributed by atoms with E-state index in [1.807, 2.05) is 38.1 Å². The fourth-order valence-electron chi connectivity index (χ4n) is 1.47. The van der Waals surface area contributed by atoms with Crippen LogP contribution in [0.1, 0.15) is 19.4 Å². The third-order valence-electron chi connectivity index (χ3n) is 2.21. The van der Waals surface area contributed by atoms with E-state index in [1.54, 1.807) is 0 Å². The van der Waals surface area contributed by atoms with E-state index < -0.39 is 12.7 Å². The summed E-state index contributed by atoms with van der Waals surface area (Å²) < 4.78 is 41.1. The predicted molar refractivity (Wildman–Crippen MR) is 64.8 cm³/mol. The zero-order valence-electron chi connectivity index (χ0n) is 10.6. The monoisotopic (exact) mass is 261 g/mol. The Labute approximate surface area is 105 Å². The number of hydrogen-bond acceptors (Lipinski definition) is 2. The lowest BCUT2D eigenvalue weighted by Gasteiger charge is -2.10. The quantitative estimate of drug-likeness (QED) is 0.794. The van der Waals surface area contributed by atoms with Crippen molar-refractivity contribution in [3.05, 3.63) is 29.8 Å². The minimum absolute atomic E-state index is 0.115. The zero-order chi connectivity index (χ0) is 13.6. The fraction of sp³-hybridized carbons (Fsp3) is 0.538. The van der Waals surface area contributed by atoms with Crippen molar-refractivity contribution in [2.45, 2.75) is 32.5 Å². The summed E-state index contributed by atoms with van der Waals surface area (Å²) in [6.45, 7) is 3.25. The van der Waals surface area contributed by atoms with Gasteiger partial charge in [-0.05, 0) is 44.5 Å². The Morgan fingerprint density at radius 1 is 1.17 bits per heavy atom. The molecule has 0 atom stereocenters. The molecule has 0 aliphatic rings. The second-order valence-corrected chi connectivity index (χ2v) is 4.35. The zero-order valence-corrected chi connectivity index (χ0v) is 10.6. The van der Waals surface area contributed by atoms with Crippen LogP contribution >= 0.6 is 0 Å². The Morgan fingerprint density at radius 2 is 1.78 bits per heavy atom. The standard InChI is InChI=1S/C13H18F3NO/c1-10(2)18-12-5-3-11(4-6-12)7-8-17-9-13(14,15)16/h3-6,10,17H,7-9H2,1-2H3. The summed E-state index contributed by atoms with van der Waals surface area (Å²) in [5, 5.41) is 2.36. The Morgan fingerprint density at radius 3 is 2.28 bits per heavy atom. The highest BCUT2D eigenvalue weighted by molar-refractivity contribution is 5.27. The first-order valence-corrected chi connectivity index (χ1v) is 5.90. The van der Waals surface area contributed by atoms with Gasteiger partial charge in [0.25, 0.3) is 0 Å². The van der Waals surface area contributed by atoms with Crippen molar-refractivity contribution < 1.29 is 17.9 Å². The molecule has 0 spiro atoms. The van der Waals surface area contributed by atoms with Gasteiger partial charge < -0.3 is 10.1 Å². The first kappa shape index (κ1) is 14.8. The molecule has 0 aromatic heterocycles. The number of ether oxygens (including phenoxy) is 1. The Kier molecular flexibility index (Phi) is 5.47. The molecule has 0 radical (unpaired) electrons. The minimum atomic E-state index is -4.14. The van der Waals surface area contributed by atoms with Crippen LogP contribution in [0.5, 0.6) is 5.75 Å². The molecule has 0 aliphatic heterocycles. The molecule has 0 unspecified atom stereocenters. The Bertz CT molecular complexity index is 346. The van der Waals surface area contributed by atoms with Gasteiger partial charge in [-0.2, -0.15) is 13.2 Å². The highest BCUT2D eigenvalue weighted by atomic mass is 19.4. The van der Waals surface area contributed by atoms with Gasteiger partial charge in [0.15, 0.2) is 0 Å². The fourth-order valence-corrected chi connectivity index (χ4v) is 1.47. The summed E-state index contributed by atoms with van der Waals surface area (Å²) in [6, 6.07) is 7.40. The molecule has 0 amide bonds. The van der Waals surface area contributed by atoms with Gasteiger partial charge >= 0.3 is 6.18 Å². The molecule has 1 aromatic carbocycles. The molecule has 1 aromatic rings. The largest absolute Gasteiger partial charge is 0.491 e. The smallest absolute Gasteiger partial charge is 0.401 e. The summed E-state index contributed by atoms with van der Waals surface area (Å²) >= 11 is 0. The maximum absolute atomic E-state index is 11.9. The van der Waals surface area contributed by atoms with E-state index >= 15 is 0 Å². The van der Waals surface area contributed by atoms with Crippen molar-refractivity contribution in [1.29, 1.82) is 0 Å². The number of nitrogens with one attached hydrogen (secondary N) is 1. The summed E-state index contributed by atoms with van der Waals surface area (Å²) in [5.74, 6) is 0.775. The predicted octanol–water partition coefficient (Wildman–Crippen LogP) is 3.17. The molecule has 0 fully saturated rings. The summed E-state index contributed by atoms with van der Waals surface area (Å²) in [4.78, 5) is 0. The van der Waals surface area contributed by atoms with Gasteiger partial charge in [-0.15, -0.1) is 0 Å². The number of alkyl halides is 3. The van der Waals surface area contributed by atoms with Crippen molar-refractivity contribution >= 4 is 0 Å². The highest BCUT2D eigenvalue weighted by Crippen LogP contribution is 2.14. The van der Waals surface area contributed by atoms with E-state index in [0.29, 0.717) is 13.0 Å². The van der Waals surface area contributed by atoms with E-state index in [-0.39, 0.29) is 6.10 Å². The van der Waals surface area contributed by atoms with Crippen LogP contribution < -0.4 is 10.1 Å². The third kappa shape index (κ3) is 6.49. The van der Waals surface area contributed by atoms with Crippen LogP contribution in [0.4, 0.5) is 13.2 Å². The third-order valence-corrected chi connectivity index (χ3v) is 2.21. The first-order chi connectivity index (χ1) is 8.37. The van der Waals surface area contributed by atoms with E-state index in [0.717, 1.165) is 11.3 Å². The van der Waals surface area contributed by atoms with Crippen LogP contribution in [0.25, 0.3) is 0 Å². The van der Waals surface area contributed by atoms with E-state index in [4.69, 9.17) is 4.74 Å². The summed E-state index contributed by atoms with van der Waals surface area (Å²) in [6.07, 6.45) is -3.46. The second kappa shape index (κ2) is 6.64. The molecule has 2 nitrogen and oxygen atoms in total. The van der Waals surface area contributed by atoms with Crippen molar-refractivity contribution in [2.24, 2.45) is 0 Å². The molecule has 0 heterocycles. The normalized spacial score (nSPS) is 11.9. The lowest BCUT2D eigenvalue weighted by Crippen LogP contribution is -2.30. The minimum Gasteiger partial charge on any atom is -0.491 e. The molecule has 18 heavy (non-hydrogen) atoms. The van der Waals surface area contributed by atoms with Crippen LogP contribution in [0, 0.1) is 0 Å². The molecular formula is C13H18F3NO.